The van der Waals surface area contributed by atoms with Crippen LogP contribution in [0.25, 0.3) is 0 Å². The average Bonchev–Trinajstić information content (AvgIpc) is 3.06. The van der Waals surface area contributed by atoms with Gasteiger partial charge in [0.15, 0.2) is 0 Å². The smallest absolute Gasteiger partial charge is 0.337 e. The van der Waals surface area contributed by atoms with Crippen LogP contribution in [0, 0.1) is 17.6 Å². The van der Waals surface area contributed by atoms with Crippen molar-refractivity contribution in [1.29, 1.82) is 0 Å². The van der Waals surface area contributed by atoms with E-state index < -0.39 is 23.5 Å². The minimum Gasteiger partial charge on any atom is -0.478 e. The number of carbonyl (C=O) groups is 2. The number of anilines is 1. The summed E-state index contributed by atoms with van der Waals surface area (Å²) in [5.74, 6) is -2.40. The average molecular weight is 413 g/mol. The zero-order valence-electron chi connectivity index (χ0n) is 16.5. The van der Waals surface area contributed by atoms with Gasteiger partial charge in [-0.2, -0.15) is 0 Å². The van der Waals surface area contributed by atoms with Gasteiger partial charge in [0.05, 0.1) is 12.1 Å². The predicted octanol–water partition coefficient (Wildman–Crippen LogP) is 4.36. The molecule has 0 aliphatic rings. The highest BCUT2D eigenvalue weighted by atomic mass is 19.1. The lowest BCUT2D eigenvalue weighted by Gasteiger charge is -2.10. The Labute approximate surface area is 172 Å². The highest BCUT2D eigenvalue weighted by Gasteiger charge is 2.17. The van der Waals surface area contributed by atoms with Gasteiger partial charge in [-0.15, -0.1) is 0 Å². The van der Waals surface area contributed by atoms with Crippen LogP contribution < -0.4 is 5.32 Å². The number of rotatable bonds is 7. The van der Waals surface area contributed by atoms with Gasteiger partial charge in [-0.25, -0.2) is 18.6 Å². The van der Waals surface area contributed by atoms with E-state index in [4.69, 9.17) is 5.11 Å². The molecule has 3 aromatic rings. The maximum atomic E-state index is 14.1. The van der Waals surface area contributed by atoms with Gasteiger partial charge in [0, 0.05) is 24.0 Å². The van der Waals surface area contributed by atoms with Crippen LogP contribution in [0.5, 0.6) is 0 Å². The fourth-order valence-electron chi connectivity index (χ4n) is 3.08. The highest BCUT2D eigenvalue weighted by Crippen LogP contribution is 2.19. The highest BCUT2D eigenvalue weighted by molar-refractivity contribution is 6.03. The molecule has 3 rings (SSSR count). The maximum Gasteiger partial charge on any atom is 0.337 e. The molecule has 0 fully saturated rings. The molecule has 8 heteroatoms. The van der Waals surface area contributed by atoms with Crippen LogP contribution >= 0.6 is 0 Å². The molecule has 0 aliphatic carbocycles. The second kappa shape index (κ2) is 8.86. The van der Waals surface area contributed by atoms with Crippen molar-refractivity contribution in [3.05, 3.63) is 82.8 Å². The van der Waals surface area contributed by atoms with E-state index in [0.29, 0.717) is 11.6 Å². The third-order valence-electron chi connectivity index (χ3n) is 4.44. The van der Waals surface area contributed by atoms with Crippen molar-refractivity contribution in [3.8, 4) is 0 Å². The van der Waals surface area contributed by atoms with E-state index in [1.165, 1.54) is 24.3 Å². The second-order valence-electron chi connectivity index (χ2n) is 7.39. The molecule has 0 radical (unpaired) electrons. The molecular formula is C22H21F2N3O3. The molecule has 0 spiro atoms. The number of carboxylic acid groups (broad SMARTS) is 1. The summed E-state index contributed by atoms with van der Waals surface area (Å²) in [6, 6.07) is 7.78. The van der Waals surface area contributed by atoms with E-state index in [-0.39, 0.29) is 23.5 Å². The first-order valence-corrected chi connectivity index (χ1v) is 9.36. The number of benzene rings is 1. The molecule has 2 N–H and O–H groups in total. The standard InChI is InChI=1S/C22H21F2N3O3/c1-13(2)7-14-8-19(21(28)26-20-6-4-15(10-25-20)22(29)30)27(11-14)12-16-3-5-17(23)9-18(16)24/h3-6,8-11,13H,7,12H2,1-2H3,(H,29,30)(H,25,26,28). The molecule has 0 atom stereocenters. The first-order valence-electron chi connectivity index (χ1n) is 9.36. The molecule has 0 unspecified atom stereocenters. The summed E-state index contributed by atoms with van der Waals surface area (Å²) >= 11 is 0. The summed E-state index contributed by atoms with van der Waals surface area (Å²) in [7, 11) is 0. The van der Waals surface area contributed by atoms with E-state index in [1.54, 1.807) is 16.8 Å². The lowest BCUT2D eigenvalue weighted by Crippen LogP contribution is -2.18. The largest absolute Gasteiger partial charge is 0.478 e. The fraction of sp³-hybridized carbons (Fsp3) is 0.227. The Kier molecular flexibility index (Phi) is 6.25. The second-order valence-corrected chi connectivity index (χ2v) is 7.39. The fourth-order valence-corrected chi connectivity index (χ4v) is 3.08. The van der Waals surface area contributed by atoms with Crippen LogP contribution in [0.3, 0.4) is 0 Å². The lowest BCUT2D eigenvalue weighted by molar-refractivity contribution is 0.0696. The number of halogens is 2. The van der Waals surface area contributed by atoms with Crippen molar-refractivity contribution < 1.29 is 23.5 Å². The Balaban J connectivity index is 1.88. The summed E-state index contributed by atoms with van der Waals surface area (Å²) in [5, 5.41) is 11.6. The van der Waals surface area contributed by atoms with Crippen molar-refractivity contribution in [2.24, 2.45) is 5.92 Å². The van der Waals surface area contributed by atoms with Crippen molar-refractivity contribution in [2.45, 2.75) is 26.8 Å². The van der Waals surface area contributed by atoms with Gasteiger partial charge in [-0.3, -0.25) is 4.79 Å². The molecule has 0 saturated heterocycles. The Morgan fingerprint density at radius 2 is 1.93 bits per heavy atom. The summed E-state index contributed by atoms with van der Waals surface area (Å²) < 4.78 is 28.9. The SMILES string of the molecule is CC(C)Cc1cc(C(=O)Nc2ccc(C(=O)O)cn2)n(Cc2ccc(F)cc2F)c1. The van der Waals surface area contributed by atoms with Crippen LogP contribution in [0.15, 0.2) is 48.8 Å². The zero-order chi connectivity index (χ0) is 21.8. The predicted molar refractivity (Wildman–Crippen MR) is 108 cm³/mol. The van der Waals surface area contributed by atoms with Gasteiger partial charge in [-0.1, -0.05) is 19.9 Å². The van der Waals surface area contributed by atoms with Gasteiger partial charge in [0.1, 0.15) is 23.1 Å². The number of pyridine rings is 1. The van der Waals surface area contributed by atoms with Gasteiger partial charge >= 0.3 is 5.97 Å². The van der Waals surface area contributed by atoms with E-state index >= 15 is 0 Å². The van der Waals surface area contributed by atoms with Gasteiger partial charge in [-0.05, 0) is 42.2 Å². The van der Waals surface area contributed by atoms with E-state index in [1.807, 2.05) is 13.8 Å². The molecule has 2 heterocycles. The van der Waals surface area contributed by atoms with Gasteiger partial charge in [0.25, 0.3) is 5.91 Å². The Bertz CT molecular complexity index is 1080. The third kappa shape index (κ3) is 5.08. The van der Waals surface area contributed by atoms with E-state index in [9.17, 15) is 18.4 Å². The Morgan fingerprint density at radius 3 is 2.53 bits per heavy atom. The molecule has 0 saturated carbocycles. The molecule has 0 bridgehead atoms. The van der Waals surface area contributed by atoms with Crippen LogP contribution in [0.2, 0.25) is 0 Å². The monoisotopic (exact) mass is 413 g/mol. The first-order chi connectivity index (χ1) is 14.2. The molecular weight excluding hydrogens is 392 g/mol. The Hall–Kier alpha value is -3.55. The quantitative estimate of drug-likeness (QED) is 0.603. The van der Waals surface area contributed by atoms with Gasteiger partial charge in [0.2, 0.25) is 0 Å². The van der Waals surface area contributed by atoms with E-state index in [2.05, 4.69) is 10.3 Å². The van der Waals surface area contributed by atoms with Crippen LogP contribution in [-0.2, 0) is 13.0 Å². The normalized spacial score (nSPS) is 11.0. The third-order valence-corrected chi connectivity index (χ3v) is 4.44. The lowest BCUT2D eigenvalue weighted by atomic mass is 10.1. The van der Waals surface area contributed by atoms with Crippen molar-refractivity contribution in [2.75, 3.05) is 5.32 Å². The summed E-state index contributed by atoms with van der Waals surface area (Å²) in [5.41, 5.74) is 1.45. The number of carboxylic acids is 1. The molecule has 1 amide bonds. The molecule has 1 aromatic carbocycles. The number of carbonyl (C=O) groups excluding carboxylic acids is 1. The molecule has 156 valence electrons. The molecule has 6 nitrogen and oxygen atoms in total. The first kappa shape index (κ1) is 21.2. The maximum absolute atomic E-state index is 14.1. The van der Waals surface area contributed by atoms with Crippen molar-refractivity contribution in [3.63, 3.8) is 0 Å². The van der Waals surface area contributed by atoms with Crippen LogP contribution in [0.4, 0.5) is 14.6 Å². The summed E-state index contributed by atoms with van der Waals surface area (Å²) in [4.78, 5) is 27.7. The number of aromatic nitrogens is 2. The van der Waals surface area contributed by atoms with Crippen LogP contribution in [-0.4, -0.2) is 26.5 Å². The number of nitrogens with one attached hydrogen (secondary N) is 1. The number of hydrogen-bond acceptors (Lipinski definition) is 3. The molecule has 2 aromatic heterocycles. The Morgan fingerprint density at radius 1 is 1.17 bits per heavy atom. The molecule has 0 aliphatic heterocycles. The van der Waals surface area contributed by atoms with Crippen molar-refractivity contribution in [1.82, 2.24) is 9.55 Å². The zero-order valence-corrected chi connectivity index (χ0v) is 16.5. The summed E-state index contributed by atoms with van der Waals surface area (Å²) in [6.07, 6.45) is 3.65. The molecule has 30 heavy (non-hydrogen) atoms. The van der Waals surface area contributed by atoms with Crippen molar-refractivity contribution >= 4 is 17.7 Å². The minimum absolute atomic E-state index is 0.00220. The number of aromatic carboxylic acids is 1. The number of nitrogens with zero attached hydrogens (tertiary/aromatic N) is 2. The van der Waals surface area contributed by atoms with Gasteiger partial charge < -0.3 is 15.0 Å². The minimum atomic E-state index is -1.12. The number of hydrogen-bond donors (Lipinski definition) is 2. The number of amides is 1. The summed E-state index contributed by atoms with van der Waals surface area (Å²) in [6.45, 7) is 4.15. The van der Waals surface area contributed by atoms with E-state index in [0.717, 1.165) is 24.2 Å². The topological polar surface area (TPSA) is 84.2 Å². The van der Waals surface area contributed by atoms with Crippen LogP contribution in [0.1, 0.15) is 45.8 Å².